The second kappa shape index (κ2) is 6.17. The van der Waals surface area contributed by atoms with Crippen LogP contribution >= 0.6 is 11.3 Å². The van der Waals surface area contributed by atoms with Gasteiger partial charge in [-0.05, 0) is 30.4 Å². The number of carbonyl (C=O) groups is 1. The number of amides is 2. The van der Waals surface area contributed by atoms with Crippen LogP contribution in [0.4, 0.5) is 4.79 Å². The van der Waals surface area contributed by atoms with Crippen molar-refractivity contribution in [3.05, 3.63) is 17.0 Å². The topological polar surface area (TPSA) is 92.5 Å². The molecule has 1 aromatic rings. The Hall–Kier alpha value is -1.12. The zero-order chi connectivity index (χ0) is 16.5. The highest BCUT2D eigenvalue weighted by Gasteiger charge is 2.27. The normalized spacial score (nSPS) is 17.7. The van der Waals surface area contributed by atoms with Gasteiger partial charge in [0.05, 0.1) is 0 Å². The van der Waals surface area contributed by atoms with Crippen LogP contribution in [0.3, 0.4) is 0 Å². The summed E-state index contributed by atoms with van der Waals surface area (Å²) >= 11 is 1.31. The summed E-state index contributed by atoms with van der Waals surface area (Å²) in [7, 11) is -3.50. The second-order valence-corrected chi connectivity index (χ2v) is 9.61. The number of nitrogens with one attached hydrogen (secondary N) is 1. The minimum absolute atomic E-state index is 0.0642. The second-order valence-electron chi connectivity index (χ2n) is 6.59. The van der Waals surface area contributed by atoms with Crippen molar-refractivity contribution >= 4 is 27.4 Å². The predicted molar refractivity (Wildman–Crippen MR) is 87.5 cm³/mol. The molecular weight excluding hydrogens is 322 g/mol. The van der Waals surface area contributed by atoms with Gasteiger partial charge in [0.2, 0.25) is 10.0 Å². The van der Waals surface area contributed by atoms with E-state index in [1.807, 2.05) is 6.07 Å². The van der Waals surface area contributed by atoms with Crippen LogP contribution in [-0.2, 0) is 15.4 Å². The Labute approximate surface area is 135 Å². The average molecular weight is 345 g/mol. The van der Waals surface area contributed by atoms with Crippen molar-refractivity contribution in [1.82, 2.24) is 9.62 Å². The molecule has 2 rings (SSSR count). The Balaban J connectivity index is 2.03. The fourth-order valence-electron chi connectivity index (χ4n) is 2.36. The van der Waals surface area contributed by atoms with Crippen LogP contribution in [0.1, 0.15) is 38.5 Å². The molecule has 0 atom stereocenters. The lowest BCUT2D eigenvalue weighted by Crippen LogP contribution is -2.47. The third kappa shape index (κ3) is 3.99. The Morgan fingerprint density at radius 3 is 2.36 bits per heavy atom. The first-order valence-electron chi connectivity index (χ1n) is 7.26. The lowest BCUT2D eigenvalue weighted by molar-refractivity contribution is 0.189. The summed E-state index contributed by atoms with van der Waals surface area (Å²) in [5.41, 5.74) is 5.16. The molecule has 3 N–H and O–H groups in total. The van der Waals surface area contributed by atoms with Gasteiger partial charge in [-0.25, -0.2) is 17.9 Å². The van der Waals surface area contributed by atoms with E-state index in [4.69, 9.17) is 5.73 Å². The molecule has 0 spiro atoms. The van der Waals surface area contributed by atoms with Gasteiger partial charge in [0.25, 0.3) is 0 Å². The first kappa shape index (κ1) is 17.2. The van der Waals surface area contributed by atoms with Gasteiger partial charge in [0, 0.05) is 24.0 Å². The van der Waals surface area contributed by atoms with Crippen molar-refractivity contribution in [3.8, 4) is 0 Å². The van der Waals surface area contributed by atoms with E-state index in [0.29, 0.717) is 30.1 Å². The van der Waals surface area contributed by atoms with E-state index >= 15 is 0 Å². The number of thiophene rings is 1. The molecule has 1 aliphatic heterocycles. The van der Waals surface area contributed by atoms with Crippen molar-refractivity contribution in [2.45, 2.75) is 49.3 Å². The van der Waals surface area contributed by atoms with E-state index < -0.39 is 16.1 Å². The van der Waals surface area contributed by atoms with Gasteiger partial charge < -0.3 is 10.6 Å². The molecule has 2 amide bonds. The zero-order valence-corrected chi connectivity index (χ0v) is 14.8. The molecule has 124 valence electrons. The number of carbonyl (C=O) groups excluding carboxylic acids is 1. The van der Waals surface area contributed by atoms with E-state index in [9.17, 15) is 13.2 Å². The molecule has 6 nitrogen and oxygen atoms in total. The van der Waals surface area contributed by atoms with Crippen molar-refractivity contribution in [3.63, 3.8) is 0 Å². The number of primary amides is 1. The van der Waals surface area contributed by atoms with Gasteiger partial charge in [0.15, 0.2) is 0 Å². The third-order valence-electron chi connectivity index (χ3n) is 3.71. The first-order valence-corrected chi connectivity index (χ1v) is 9.56. The van der Waals surface area contributed by atoms with E-state index in [1.165, 1.54) is 16.2 Å². The van der Waals surface area contributed by atoms with Crippen molar-refractivity contribution in [2.75, 3.05) is 13.1 Å². The number of nitrogens with zero attached hydrogens (tertiary/aromatic N) is 1. The molecule has 0 aromatic carbocycles. The van der Waals surface area contributed by atoms with Crippen molar-refractivity contribution in [2.24, 2.45) is 5.73 Å². The molecule has 1 fully saturated rings. The molecular formula is C14H23N3O3S2. The summed E-state index contributed by atoms with van der Waals surface area (Å²) < 4.78 is 28.0. The lowest BCUT2D eigenvalue weighted by atomic mass is 9.95. The summed E-state index contributed by atoms with van der Waals surface area (Å²) in [6.07, 6.45) is 1.17. The molecule has 1 aromatic heterocycles. The molecule has 1 saturated heterocycles. The van der Waals surface area contributed by atoms with Crippen LogP contribution < -0.4 is 10.5 Å². The molecule has 2 heterocycles. The fraction of sp³-hybridized carbons (Fsp3) is 0.643. The van der Waals surface area contributed by atoms with Gasteiger partial charge >= 0.3 is 6.03 Å². The molecule has 0 bridgehead atoms. The Kier molecular flexibility index (Phi) is 4.84. The molecule has 0 saturated carbocycles. The number of piperidine rings is 1. The average Bonchev–Trinajstić information content (AvgIpc) is 2.89. The molecule has 0 radical (unpaired) electrons. The van der Waals surface area contributed by atoms with E-state index in [1.54, 1.807) is 6.07 Å². The third-order valence-corrected chi connectivity index (χ3v) is 7.24. The van der Waals surface area contributed by atoms with Crippen molar-refractivity contribution < 1.29 is 13.2 Å². The van der Waals surface area contributed by atoms with Crippen LogP contribution in [0.15, 0.2) is 16.3 Å². The Morgan fingerprint density at radius 1 is 1.32 bits per heavy atom. The van der Waals surface area contributed by atoms with Gasteiger partial charge in [-0.15, -0.1) is 11.3 Å². The molecule has 0 aliphatic carbocycles. The number of nitrogens with two attached hydrogens (primary N) is 1. The lowest BCUT2D eigenvalue weighted by Gasteiger charge is -2.30. The Morgan fingerprint density at radius 2 is 1.91 bits per heavy atom. The molecule has 0 unspecified atom stereocenters. The maximum Gasteiger partial charge on any atom is 0.314 e. The monoisotopic (exact) mass is 345 g/mol. The summed E-state index contributed by atoms with van der Waals surface area (Å²) in [6, 6.07) is 2.93. The summed E-state index contributed by atoms with van der Waals surface area (Å²) in [5.74, 6) is 0. The number of urea groups is 1. The minimum atomic E-state index is -3.50. The van der Waals surface area contributed by atoms with Gasteiger partial charge in [-0.3, -0.25) is 0 Å². The number of likely N-dealkylation sites (tertiary alicyclic amines) is 1. The van der Waals surface area contributed by atoms with Gasteiger partial charge in [-0.1, -0.05) is 20.8 Å². The highest BCUT2D eigenvalue weighted by atomic mass is 32.2. The number of rotatable bonds is 3. The standard InChI is InChI=1S/C14H23N3O3S2/c1-14(2,3)11-4-5-12(21-11)22(19,20)16-10-6-8-17(9-7-10)13(15)18/h4-5,10,16H,6-9H2,1-3H3,(H2,15,18). The van der Waals surface area contributed by atoms with Crippen LogP contribution in [0.2, 0.25) is 0 Å². The van der Waals surface area contributed by atoms with Crippen LogP contribution in [0.25, 0.3) is 0 Å². The van der Waals surface area contributed by atoms with Crippen LogP contribution in [0, 0.1) is 0 Å². The highest BCUT2D eigenvalue weighted by molar-refractivity contribution is 7.91. The Bertz CT molecular complexity index is 639. The van der Waals surface area contributed by atoms with E-state index in [2.05, 4.69) is 25.5 Å². The smallest absolute Gasteiger partial charge is 0.314 e. The predicted octanol–water partition coefficient (Wildman–Crippen LogP) is 1.87. The molecule has 8 heteroatoms. The molecule has 22 heavy (non-hydrogen) atoms. The number of sulfonamides is 1. The largest absolute Gasteiger partial charge is 0.351 e. The quantitative estimate of drug-likeness (QED) is 0.876. The van der Waals surface area contributed by atoms with E-state index in [-0.39, 0.29) is 11.5 Å². The van der Waals surface area contributed by atoms with Crippen LogP contribution in [-0.4, -0.2) is 38.5 Å². The zero-order valence-electron chi connectivity index (χ0n) is 13.1. The maximum absolute atomic E-state index is 12.5. The summed E-state index contributed by atoms with van der Waals surface area (Å²) in [5, 5.41) is 0. The van der Waals surface area contributed by atoms with E-state index in [0.717, 1.165) is 4.88 Å². The fourth-order valence-corrected chi connectivity index (χ4v) is 5.05. The first-order chi connectivity index (χ1) is 10.1. The molecule has 1 aliphatic rings. The highest BCUT2D eigenvalue weighted by Crippen LogP contribution is 2.31. The summed E-state index contributed by atoms with van der Waals surface area (Å²) in [6.45, 7) is 7.15. The number of hydrogen-bond acceptors (Lipinski definition) is 4. The SMILES string of the molecule is CC(C)(C)c1ccc(S(=O)(=O)NC2CCN(C(N)=O)CC2)s1. The number of hydrogen-bond donors (Lipinski definition) is 2. The van der Waals surface area contributed by atoms with Crippen molar-refractivity contribution in [1.29, 1.82) is 0 Å². The van der Waals surface area contributed by atoms with Crippen LogP contribution in [0.5, 0.6) is 0 Å². The minimum Gasteiger partial charge on any atom is -0.351 e. The van der Waals surface area contributed by atoms with Gasteiger partial charge in [0.1, 0.15) is 4.21 Å². The maximum atomic E-state index is 12.5. The van der Waals surface area contributed by atoms with Gasteiger partial charge in [-0.2, -0.15) is 0 Å². The summed E-state index contributed by atoms with van der Waals surface area (Å²) in [4.78, 5) is 13.6.